The fourth-order valence-corrected chi connectivity index (χ4v) is 4.57. The van der Waals surface area contributed by atoms with Gasteiger partial charge in [-0.05, 0) is 41.1 Å². The van der Waals surface area contributed by atoms with Crippen molar-refractivity contribution in [3.05, 3.63) is 46.3 Å². The molecule has 12 heteroatoms. The molecule has 3 heterocycles. The number of aromatic nitrogens is 2. The molecule has 28 heavy (non-hydrogen) atoms. The van der Waals surface area contributed by atoms with E-state index in [9.17, 15) is 13.5 Å². The van der Waals surface area contributed by atoms with Gasteiger partial charge < -0.3 is 20.2 Å². The van der Waals surface area contributed by atoms with Crippen LogP contribution in [0.15, 0.2) is 49.1 Å². The van der Waals surface area contributed by atoms with Gasteiger partial charge in [-0.15, -0.1) is 11.3 Å². The summed E-state index contributed by atoms with van der Waals surface area (Å²) in [6.45, 7) is 1.84. The van der Waals surface area contributed by atoms with E-state index in [2.05, 4.69) is 41.3 Å². The molecule has 0 unspecified atom stereocenters. The lowest BCUT2D eigenvalue weighted by Crippen LogP contribution is -2.22. The van der Waals surface area contributed by atoms with Crippen molar-refractivity contribution in [1.82, 2.24) is 14.7 Å². The van der Waals surface area contributed by atoms with Crippen molar-refractivity contribution in [2.75, 3.05) is 17.2 Å². The maximum atomic E-state index is 12.4. The molecule has 3 aromatic rings. The van der Waals surface area contributed by atoms with Gasteiger partial charge in [-0.1, -0.05) is 0 Å². The summed E-state index contributed by atoms with van der Waals surface area (Å²) in [5.74, 6) is 1.34. The second kappa shape index (κ2) is 9.01. The Balaban J connectivity index is 1.69. The van der Waals surface area contributed by atoms with Crippen molar-refractivity contribution >= 4 is 54.7 Å². The van der Waals surface area contributed by atoms with E-state index in [0.717, 1.165) is 11.3 Å². The van der Waals surface area contributed by atoms with Crippen molar-refractivity contribution < 1.29 is 17.9 Å². The van der Waals surface area contributed by atoms with Crippen molar-refractivity contribution in [3.63, 3.8) is 0 Å². The van der Waals surface area contributed by atoms with Gasteiger partial charge in [-0.3, -0.25) is 0 Å². The van der Waals surface area contributed by atoms with Gasteiger partial charge in [0, 0.05) is 17.6 Å². The molecule has 0 saturated carbocycles. The molecule has 9 nitrogen and oxygen atoms in total. The van der Waals surface area contributed by atoms with Gasteiger partial charge in [-0.25, -0.2) is 18.1 Å². The molecule has 0 spiro atoms. The van der Waals surface area contributed by atoms with Crippen LogP contribution in [0, 0.1) is 0 Å². The maximum Gasteiger partial charge on any atom is 0.250 e. The molecule has 0 bridgehead atoms. The molecular weight excluding hydrogens is 470 g/mol. The fourth-order valence-electron chi connectivity index (χ4n) is 2.11. The summed E-state index contributed by atoms with van der Waals surface area (Å²) in [5, 5.41) is 16.9. The fraction of sp³-hybridized carbons (Fsp3) is 0.250. The number of thiophene rings is 1. The van der Waals surface area contributed by atoms with E-state index in [1.165, 1.54) is 12.3 Å². The second-order valence-corrected chi connectivity index (χ2v) is 9.56. The van der Waals surface area contributed by atoms with E-state index in [1.807, 2.05) is 6.92 Å². The Hall–Kier alpha value is -1.99. The van der Waals surface area contributed by atoms with Crippen LogP contribution in [0.3, 0.4) is 0 Å². The summed E-state index contributed by atoms with van der Waals surface area (Å²) in [4.78, 5) is 8.50. The monoisotopic (exact) mass is 487 g/mol. The minimum Gasteiger partial charge on any atom is -0.468 e. The summed E-state index contributed by atoms with van der Waals surface area (Å²) in [6.07, 6.45) is 3.05. The number of aliphatic hydroxyl groups is 1. The van der Waals surface area contributed by atoms with Crippen LogP contribution in [0.1, 0.15) is 12.7 Å². The molecule has 3 aromatic heterocycles. The van der Waals surface area contributed by atoms with Crippen LogP contribution in [0.2, 0.25) is 0 Å². The van der Waals surface area contributed by atoms with Crippen LogP contribution >= 0.6 is 27.3 Å². The zero-order valence-electron chi connectivity index (χ0n) is 14.7. The number of nitrogens with zero attached hydrogens (tertiary/aromatic N) is 2. The number of rotatable bonds is 9. The number of furan rings is 1. The molecule has 0 radical (unpaired) electrons. The van der Waals surface area contributed by atoms with E-state index in [0.29, 0.717) is 27.7 Å². The standard InChI is InChI=1S/C16H18BrN5O4S2/c1-10(8-23)20-15-13(17)7-18-16(22-15)21-11-5-14(27-9-11)28(24,25)19-6-12-3-2-4-26-12/h2-5,7,9-10,19,23H,6,8H2,1H3,(H2,18,20,21,22)/t10-/m1/s1. The zero-order chi connectivity index (χ0) is 20.1. The number of hydrogen-bond acceptors (Lipinski definition) is 9. The summed E-state index contributed by atoms with van der Waals surface area (Å²) >= 11 is 4.42. The average molecular weight is 488 g/mol. The second-order valence-electron chi connectivity index (χ2n) is 5.80. The molecule has 0 aliphatic rings. The zero-order valence-corrected chi connectivity index (χ0v) is 17.9. The Labute approximate surface area is 174 Å². The molecule has 0 amide bonds. The molecule has 1 atom stereocenters. The Bertz CT molecular complexity index is 1020. The molecule has 0 aliphatic carbocycles. The number of hydrogen-bond donors (Lipinski definition) is 4. The third-order valence-corrected chi connectivity index (χ3v) is 6.94. The number of sulfonamides is 1. The van der Waals surface area contributed by atoms with Gasteiger partial charge in [0.2, 0.25) is 5.95 Å². The Kier molecular flexibility index (Phi) is 6.67. The third kappa shape index (κ3) is 5.29. The first-order valence-corrected chi connectivity index (χ1v) is 11.3. The summed E-state index contributed by atoms with van der Waals surface area (Å²) in [5.41, 5.74) is 0.548. The molecule has 0 fully saturated rings. The van der Waals surface area contributed by atoms with Crippen molar-refractivity contribution in [3.8, 4) is 0 Å². The van der Waals surface area contributed by atoms with Crippen LogP contribution < -0.4 is 15.4 Å². The van der Waals surface area contributed by atoms with Crippen LogP contribution in [-0.2, 0) is 16.6 Å². The van der Waals surface area contributed by atoms with E-state index in [1.54, 1.807) is 23.7 Å². The lowest BCUT2D eigenvalue weighted by molar-refractivity contribution is 0.281. The minimum absolute atomic E-state index is 0.0457. The first-order chi connectivity index (χ1) is 13.4. The molecular formula is C16H18BrN5O4S2. The van der Waals surface area contributed by atoms with E-state index in [4.69, 9.17) is 4.42 Å². The van der Waals surface area contributed by atoms with Gasteiger partial charge >= 0.3 is 0 Å². The van der Waals surface area contributed by atoms with Crippen LogP contribution in [0.4, 0.5) is 17.5 Å². The highest BCUT2D eigenvalue weighted by Crippen LogP contribution is 2.27. The van der Waals surface area contributed by atoms with Gasteiger partial charge in [0.15, 0.2) is 0 Å². The smallest absolute Gasteiger partial charge is 0.250 e. The average Bonchev–Trinajstić information content (AvgIpc) is 3.35. The predicted molar refractivity (Wildman–Crippen MR) is 110 cm³/mol. The number of halogens is 1. The van der Waals surface area contributed by atoms with Crippen molar-refractivity contribution in [2.24, 2.45) is 0 Å². The third-order valence-electron chi connectivity index (χ3n) is 3.51. The van der Waals surface area contributed by atoms with Crippen molar-refractivity contribution in [1.29, 1.82) is 0 Å². The summed E-state index contributed by atoms with van der Waals surface area (Å²) in [6, 6.07) is 4.71. The van der Waals surface area contributed by atoms with E-state index >= 15 is 0 Å². The van der Waals surface area contributed by atoms with Gasteiger partial charge in [-0.2, -0.15) is 4.98 Å². The van der Waals surface area contributed by atoms with Crippen LogP contribution in [0.25, 0.3) is 0 Å². The maximum absolute atomic E-state index is 12.4. The Morgan fingerprint density at radius 1 is 1.43 bits per heavy atom. The van der Waals surface area contributed by atoms with Gasteiger partial charge in [0.25, 0.3) is 10.0 Å². The number of nitrogens with one attached hydrogen (secondary N) is 3. The molecule has 3 rings (SSSR count). The van der Waals surface area contributed by atoms with Crippen molar-refractivity contribution in [2.45, 2.75) is 23.7 Å². The minimum atomic E-state index is -3.66. The quantitative estimate of drug-likeness (QED) is 0.362. The molecule has 150 valence electrons. The lowest BCUT2D eigenvalue weighted by atomic mass is 10.3. The highest BCUT2D eigenvalue weighted by Gasteiger charge is 2.18. The number of anilines is 3. The summed E-state index contributed by atoms with van der Waals surface area (Å²) in [7, 11) is -3.66. The molecule has 0 aliphatic heterocycles. The number of aliphatic hydroxyl groups excluding tert-OH is 1. The predicted octanol–water partition coefficient (Wildman–Crippen LogP) is 2.91. The lowest BCUT2D eigenvalue weighted by Gasteiger charge is -2.13. The van der Waals surface area contributed by atoms with E-state index < -0.39 is 10.0 Å². The van der Waals surface area contributed by atoms with Crippen LogP contribution in [-0.4, -0.2) is 36.1 Å². The Morgan fingerprint density at radius 2 is 2.25 bits per heavy atom. The molecule has 4 N–H and O–H groups in total. The Morgan fingerprint density at radius 3 is 2.96 bits per heavy atom. The van der Waals surface area contributed by atoms with Crippen LogP contribution in [0.5, 0.6) is 0 Å². The first-order valence-electron chi connectivity index (χ1n) is 8.15. The first kappa shape index (κ1) is 20.7. The SMILES string of the molecule is C[C@H](CO)Nc1nc(Nc2csc(S(=O)(=O)NCc3ccco3)c2)ncc1Br. The molecule has 0 aromatic carbocycles. The summed E-state index contributed by atoms with van der Waals surface area (Å²) < 4.78 is 33.2. The molecule has 0 saturated heterocycles. The highest BCUT2D eigenvalue weighted by atomic mass is 79.9. The topological polar surface area (TPSA) is 129 Å². The normalized spacial score (nSPS) is 12.7. The van der Waals surface area contributed by atoms with Gasteiger partial charge in [0.05, 0.1) is 29.6 Å². The highest BCUT2D eigenvalue weighted by molar-refractivity contribution is 9.10. The van der Waals surface area contributed by atoms with E-state index in [-0.39, 0.29) is 23.4 Å². The largest absolute Gasteiger partial charge is 0.468 e. The van der Waals surface area contributed by atoms with Gasteiger partial charge in [0.1, 0.15) is 15.8 Å².